The molecule has 0 aliphatic heterocycles. The summed E-state index contributed by atoms with van der Waals surface area (Å²) in [6.07, 6.45) is 0. The van der Waals surface area contributed by atoms with Gasteiger partial charge in [-0.05, 0) is 79.3 Å². The molecule has 0 unspecified atom stereocenters. The monoisotopic (exact) mass is 599 g/mol. The number of nitrogens with zero attached hydrogens (tertiary/aromatic N) is 1. The molecule has 0 saturated carbocycles. The molecule has 0 spiro atoms. The number of para-hydroxylation sites is 2. The van der Waals surface area contributed by atoms with E-state index in [4.69, 9.17) is 4.42 Å². The van der Waals surface area contributed by atoms with Gasteiger partial charge in [0.2, 0.25) is 0 Å². The molecule has 8 aromatic carbocycles. The van der Waals surface area contributed by atoms with Gasteiger partial charge < -0.3 is 8.98 Å². The lowest BCUT2D eigenvalue weighted by Crippen LogP contribution is -2.15. The minimum Gasteiger partial charge on any atom is -0.455 e. The molecule has 0 N–H and O–H groups in total. The summed E-state index contributed by atoms with van der Waals surface area (Å²) in [6.45, 7) is 4.76. The van der Waals surface area contributed by atoms with E-state index < -0.39 is 0 Å². The molecular formula is C45H29NO. The number of hydrogen-bond donors (Lipinski definition) is 0. The van der Waals surface area contributed by atoms with Crippen molar-refractivity contribution in [3.63, 3.8) is 0 Å². The minimum absolute atomic E-state index is 0.204. The summed E-state index contributed by atoms with van der Waals surface area (Å²) < 4.78 is 9.10. The predicted octanol–water partition coefficient (Wildman–Crippen LogP) is 12.4. The molecule has 2 aromatic heterocycles. The van der Waals surface area contributed by atoms with E-state index in [0.29, 0.717) is 0 Å². The Bertz CT molecular complexity index is 2950. The standard InChI is InChI=1S/C45H29NO/c1-45(2)37-23-21-33-32-15-8-10-18-40(32)47-44(33)41(37)35-22-24-39-42(43(35)45)34-16-7-9-17-38(34)46(39)26-19-20-31-29-13-4-3-11-27(29)28-12-5-6-14-30(28)36(31)25-26/h3-25H,1-2H3. The average Bonchev–Trinajstić information content (AvgIpc) is 3.74. The number of benzene rings is 8. The summed E-state index contributed by atoms with van der Waals surface area (Å²) in [4.78, 5) is 0. The summed E-state index contributed by atoms with van der Waals surface area (Å²) in [5, 5.41) is 12.7. The Hall–Kier alpha value is -5.86. The second-order valence-electron chi connectivity index (χ2n) is 13.6. The zero-order chi connectivity index (χ0) is 31.0. The SMILES string of the molecule is CC1(C)c2ccc3c(oc4ccccc43)c2-c2ccc3c(c21)c1ccccc1n3-c1ccc2c3ccccc3c3ccccc3c2c1. The van der Waals surface area contributed by atoms with Crippen LogP contribution in [0.15, 0.2) is 144 Å². The van der Waals surface area contributed by atoms with Gasteiger partial charge in [0.25, 0.3) is 0 Å². The molecule has 0 bridgehead atoms. The van der Waals surface area contributed by atoms with Crippen LogP contribution in [0.5, 0.6) is 0 Å². The van der Waals surface area contributed by atoms with E-state index >= 15 is 0 Å². The van der Waals surface area contributed by atoms with E-state index in [0.717, 1.165) is 11.2 Å². The van der Waals surface area contributed by atoms with Crippen LogP contribution in [-0.2, 0) is 5.41 Å². The van der Waals surface area contributed by atoms with Gasteiger partial charge in [0.05, 0.1) is 11.0 Å². The van der Waals surface area contributed by atoms with E-state index in [1.54, 1.807) is 0 Å². The van der Waals surface area contributed by atoms with Crippen LogP contribution < -0.4 is 0 Å². The van der Waals surface area contributed by atoms with Crippen LogP contribution in [0, 0.1) is 0 Å². The Kier molecular flexibility index (Phi) is 4.68. The van der Waals surface area contributed by atoms with Crippen molar-refractivity contribution in [3.05, 3.63) is 151 Å². The molecule has 2 nitrogen and oxygen atoms in total. The van der Waals surface area contributed by atoms with Crippen molar-refractivity contribution in [3.8, 4) is 16.8 Å². The Morgan fingerprint density at radius 2 is 1.09 bits per heavy atom. The van der Waals surface area contributed by atoms with Crippen molar-refractivity contribution < 1.29 is 4.42 Å². The van der Waals surface area contributed by atoms with E-state index in [1.807, 2.05) is 0 Å². The zero-order valence-corrected chi connectivity index (χ0v) is 26.1. The molecule has 2 heterocycles. The maximum absolute atomic E-state index is 6.62. The molecule has 0 atom stereocenters. The Morgan fingerprint density at radius 1 is 0.489 bits per heavy atom. The van der Waals surface area contributed by atoms with Crippen LogP contribution >= 0.6 is 0 Å². The maximum atomic E-state index is 6.62. The van der Waals surface area contributed by atoms with Gasteiger partial charge in [-0.2, -0.15) is 0 Å². The van der Waals surface area contributed by atoms with Gasteiger partial charge in [-0.15, -0.1) is 0 Å². The van der Waals surface area contributed by atoms with Gasteiger partial charge in [0.15, 0.2) is 0 Å². The van der Waals surface area contributed by atoms with Gasteiger partial charge in [0.1, 0.15) is 11.2 Å². The third-order valence-electron chi connectivity index (χ3n) is 10.9. The normalized spacial score (nSPS) is 13.9. The third-order valence-corrected chi connectivity index (χ3v) is 10.9. The molecule has 0 amide bonds. The quantitative estimate of drug-likeness (QED) is 0.172. The van der Waals surface area contributed by atoms with Crippen LogP contribution in [0.1, 0.15) is 25.0 Å². The summed E-state index contributed by atoms with van der Waals surface area (Å²) >= 11 is 0. The number of furan rings is 1. The lowest BCUT2D eigenvalue weighted by Gasteiger charge is -2.22. The summed E-state index contributed by atoms with van der Waals surface area (Å²) in [5.41, 5.74) is 10.6. The van der Waals surface area contributed by atoms with Crippen molar-refractivity contribution in [1.82, 2.24) is 4.57 Å². The smallest absolute Gasteiger partial charge is 0.143 e. The Morgan fingerprint density at radius 3 is 1.83 bits per heavy atom. The van der Waals surface area contributed by atoms with Gasteiger partial charge in [-0.1, -0.05) is 123 Å². The summed E-state index contributed by atoms with van der Waals surface area (Å²) in [5.74, 6) is 0. The second-order valence-corrected chi connectivity index (χ2v) is 13.6. The first-order valence-corrected chi connectivity index (χ1v) is 16.4. The molecule has 0 radical (unpaired) electrons. The third kappa shape index (κ3) is 3.10. The first-order valence-electron chi connectivity index (χ1n) is 16.4. The van der Waals surface area contributed by atoms with Crippen LogP contribution in [-0.4, -0.2) is 4.57 Å². The topological polar surface area (TPSA) is 18.1 Å². The summed E-state index contributed by atoms with van der Waals surface area (Å²) in [7, 11) is 0. The fraction of sp³-hybridized carbons (Fsp3) is 0.0667. The van der Waals surface area contributed by atoms with E-state index in [2.05, 4.69) is 158 Å². The van der Waals surface area contributed by atoms with Crippen LogP contribution in [0.3, 0.4) is 0 Å². The van der Waals surface area contributed by atoms with E-state index in [1.165, 1.54) is 92.8 Å². The second kappa shape index (κ2) is 8.69. The highest BCUT2D eigenvalue weighted by Crippen LogP contribution is 2.56. The van der Waals surface area contributed by atoms with Gasteiger partial charge >= 0.3 is 0 Å². The number of rotatable bonds is 1. The first-order chi connectivity index (χ1) is 23.1. The maximum Gasteiger partial charge on any atom is 0.143 e. The molecule has 2 heteroatoms. The molecule has 1 aliphatic rings. The highest BCUT2D eigenvalue weighted by atomic mass is 16.3. The molecule has 47 heavy (non-hydrogen) atoms. The zero-order valence-electron chi connectivity index (χ0n) is 26.1. The highest BCUT2D eigenvalue weighted by molar-refractivity contribution is 6.26. The van der Waals surface area contributed by atoms with Gasteiger partial charge in [-0.25, -0.2) is 0 Å². The molecule has 1 aliphatic carbocycles. The van der Waals surface area contributed by atoms with Crippen LogP contribution in [0.2, 0.25) is 0 Å². The van der Waals surface area contributed by atoms with E-state index in [9.17, 15) is 0 Å². The number of fused-ring (bicyclic) bond motifs is 17. The lowest BCUT2D eigenvalue weighted by atomic mass is 9.80. The van der Waals surface area contributed by atoms with Crippen LogP contribution in [0.25, 0.3) is 92.9 Å². The van der Waals surface area contributed by atoms with Gasteiger partial charge in [0, 0.05) is 38.2 Å². The fourth-order valence-corrected chi connectivity index (χ4v) is 8.94. The molecule has 0 saturated heterocycles. The lowest BCUT2D eigenvalue weighted by molar-refractivity contribution is 0.657. The minimum atomic E-state index is -0.204. The first kappa shape index (κ1) is 25.3. The largest absolute Gasteiger partial charge is 0.455 e. The van der Waals surface area contributed by atoms with Crippen molar-refractivity contribution in [2.75, 3.05) is 0 Å². The fourth-order valence-electron chi connectivity index (χ4n) is 8.94. The van der Waals surface area contributed by atoms with Crippen molar-refractivity contribution in [2.24, 2.45) is 0 Å². The highest BCUT2D eigenvalue weighted by Gasteiger charge is 2.40. The average molecular weight is 600 g/mol. The van der Waals surface area contributed by atoms with Crippen LogP contribution in [0.4, 0.5) is 0 Å². The number of aromatic nitrogens is 1. The predicted molar refractivity (Wildman–Crippen MR) is 198 cm³/mol. The van der Waals surface area contributed by atoms with Crippen molar-refractivity contribution in [1.29, 1.82) is 0 Å². The van der Waals surface area contributed by atoms with Crippen molar-refractivity contribution in [2.45, 2.75) is 19.3 Å². The Balaban J connectivity index is 1.25. The molecule has 0 fully saturated rings. The van der Waals surface area contributed by atoms with E-state index in [-0.39, 0.29) is 5.41 Å². The molecule has 11 rings (SSSR count). The number of hydrogen-bond acceptors (Lipinski definition) is 1. The summed E-state index contributed by atoms with van der Waals surface area (Å²) in [6, 6.07) is 51.3. The van der Waals surface area contributed by atoms with Gasteiger partial charge in [-0.3, -0.25) is 0 Å². The molecule has 10 aromatic rings. The molecular weight excluding hydrogens is 571 g/mol. The Labute approximate surface area is 271 Å². The van der Waals surface area contributed by atoms with Crippen molar-refractivity contribution >= 4 is 76.1 Å². The molecule has 220 valence electrons.